The van der Waals surface area contributed by atoms with E-state index in [0.717, 1.165) is 6.07 Å². The molecule has 0 saturated carbocycles. The van der Waals surface area contributed by atoms with Crippen LogP contribution in [0.4, 0.5) is 32.0 Å². The Morgan fingerprint density at radius 3 is 1.95 bits per heavy atom. The summed E-state index contributed by atoms with van der Waals surface area (Å²) >= 11 is 12.5. The summed E-state index contributed by atoms with van der Waals surface area (Å²) in [7, 11) is 0. The highest BCUT2D eigenvalue weighted by Gasteiger charge is 2.39. The van der Waals surface area contributed by atoms with Gasteiger partial charge in [0.2, 0.25) is 0 Å². The fourth-order valence-corrected chi connectivity index (χ4v) is 4.50. The number of nitrogens with one attached hydrogen (secondary N) is 1. The van der Waals surface area contributed by atoms with Gasteiger partial charge in [0, 0.05) is 45.3 Å². The first-order valence-corrected chi connectivity index (χ1v) is 11.6. The summed E-state index contributed by atoms with van der Waals surface area (Å²) in [4.78, 5) is 4.05. The molecule has 0 radical (unpaired) electrons. The first-order chi connectivity index (χ1) is 17.3. The zero-order chi connectivity index (χ0) is 27.0. The van der Waals surface area contributed by atoms with E-state index in [1.54, 1.807) is 49.4 Å². The van der Waals surface area contributed by atoms with Crippen LogP contribution in [0.1, 0.15) is 22.4 Å². The number of rotatable bonds is 5. The maximum atomic E-state index is 14.0. The third-order valence-electron chi connectivity index (χ3n) is 5.71. The molecule has 1 aromatic heterocycles. The molecule has 0 saturated heterocycles. The van der Waals surface area contributed by atoms with Gasteiger partial charge in [0.05, 0.1) is 11.1 Å². The lowest BCUT2D eigenvalue weighted by Gasteiger charge is -2.21. The zero-order valence-corrected chi connectivity index (χ0v) is 20.6. The van der Waals surface area contributed by atoms with Crippen LogP contribution in [0.2, 0.25) is 10.0 Å². The van der Waals surface area contributed by atoms with Crippen LogP contribution in [0.3, 0.4) is 0 Å². The molecular weight excluding hydrogens is 537 g/mol. The van der Waals surface area contributed by atoms with Crippen LogP contribution in [-0.2, 0) is 18.9 Å². The Morgan fingerprint density at radius 1 is 0.784 bits per heavy atom. The third-order valence-corrected chi connectivity index (χ3v) is 6.34. The molecule has 192 valence electrons. The molecule has 1 N–H and O–H groups in total. The van der Waals surface area contributed by atoms with Gasteiger partial charge in [0.1, 0.15) is 0 Å². The van der Waals surface area contributed by atoms with Crippen LogP contribution in [0.5, 0.6) is 0 Å². The normalized spacial score (nSPS) is 12.0. The van der Waals surface area contributed by atoms with E-state index in [1.807, 2.05) is 0 Å². The molecule has 0 spiro atoms. The molecule has 1 heterocycles. The number of anilines is 1. The molecule has 0 atom stereocenters. The van der Waals surface area contributed by atoms with Crippen LogP contribution < -0.4 is 5.32 Å². The standard InChI is InChI=1S/C27H18Cl2F6N2/c1-15-5-6-17(13-36-15)20-11-18(26(30,31)32)12-22(27(33,34)35)21(20)14-37-19-9-7-16(8-10-19)25-23(28)3-2-4-24(25)29/h2-13,37H,14H2,1H3. The summed E-state index contributed by atoms with van der Waals surface area (Å²) in [6.45, 7) is 1.28. The van der Waals surface area contributed by atoms with Crippen molar-refractivity contribution >= 4 is 28.9 Å². The molecule has 0 aliphatic carbocycles. The summed E-state index contributed by atoms with van der Waals surface area (Å²) in [5, 5.41) is 3.76. The molecule has 4 rings (SSSR count). The first kappa shape index (κ1) is 26.8. The molecule has 37 heavy (non-hydrogen) atoms. The summed E-state index contributed by atoms with van der Waals surface area (Å²) < 4.78 is 82.5. The number of benzene rings is 3. The predicted molar refractivity (Wildman–Crippen MR) is 134 cm³/mol. The van der Waals surface area contributed by atoms with E-state index in [0.29, 0.717) is 32.6 Å². The predicted octanol–water partition coefficient (Wildman–Crippen LogP) is 9.68. The lowest BCUT2D eigenvalue weighted by Crippen LogP contribution is -2.17. The third kappa shape index (κ3) is 6.02. The van der Waals surface area contributed by atoms with Gasteiger partial charge < -0.3 is 5.32 Å². The van der Waals surface area contributed by atoms with Crippen molar-refractivity contribution in [2.75, 3.05) is 5.32 Å². The topological polar surface area (TPSA) is 24.9 Å². The zero-order valence-electron chi connectivity index (χ0n) is 19.1. The van der Waals surface area contributed by atoms with Gasteiger partial charge in [-0.15, -0.1) is 0 Å². The van der Waals surface area contributed by atoms with Gasteiger partial charge in [-0.25, -0.2) is 0 Å². The number of halogens is 8. The Balaban J connectivity index is 1.74. The van der Waals surface area contributed by atoms with Crippen LogP contribution in [-0.4, -0.2) is 4.98 Å². The van der Waals surface area contributed by atoms with Crippen LogP contribution in [0.15, 0.2) is 72.9 Å². The fraction of sp³-hybridized carbons (Fsp3) is 0.148. The largest absolute Gasteiger partial charge is 0.416 e. The summed E-state index contributed by atoms with van der Waals surface area (Å²) in [5.41, 5.74) is -0.830. The number of pyridine rings is 1. The average Bonchev–Trinajstić information content (AvgIpc) is 2.82. The van der Waals surface area contributed by atoms with E-state index in [1.165, 1.54) is 18.3 Å². The lowest BCUT2D eigenvalue weighted by molar-refractivity contribution is -0.143. The van der Waals surface area contributed by atoms with Crippen molar-refractivity contribution in [3.63, 3.8) is 0 Å². The van der Waals surface area contributed by atoms with Crippen LogP contribution in [0, 0.1) is 6.92 Å². The van der Waals surface area contributed by atoms with Crippen molar-refractivity contribution in [3.05, 3.63) is 105 Å². The Morgan fingerprint density at radius 2 is 1.41 bits per heavy atom. The SMILES string of the molecule is Cc1ccc(-c2cc(C(F)(F)F)cc(C(F)(F)F)c2CNc2ccc(-c3c(Cl)cccc3Cl)cc2)cn1. The van der Waals surface area contributed by atoms with Crippen molar-refractivity contribution in [2.45, 2.75) is 25.8 Å². The van der Waals surface area contributed by atoms with Gasteiger partial charge in [0.25, 0.3) is 0 Å². The van der Waals surface area contributed by atoms with E-state index in [2.05, 4.69) is 10.3 Å². The number of hydrogen-bond donors (Lipinski definition) is 1. The maximum absolute atomic E-state index is 14.0. The van der Waals surface area contributed by atoms with Crippen molar-refractivity contribution in [2.24, 2.45) is 0 Å². The van der Waals surface area contributed by atoms with Gasteiger partial charge in [-0.2, -0.15) is 26.3 Å². The second-order valence-electron chi connectivity index (χ2n) is 8.26. The highest BCUT2D eigenvalue weighted by Crippen LogP contribution is 2.42. The molecule has 3 aromatic carbocycles. The number of nitrogens with zero attached hydrogens (tertiary/aromatic N) is 1. The Hall–Kier alpha value is -3.23. The molecule has 2 nitrogen and oxygen atoms in total. The van der Waals surface area contributed by atoms with E-state index in [4.69, 9.17) is 23.2 Å². The van der Waals surface area contributed by atoms with Gasteiger partial charge in [-0.1, -0.05) is 47.5 Å². The number of aromatic nitrogens is 1. The number of hydrogen-bond acceptors (Lipinski definition) is 2. The smallest absolute Gasteiger partial charge is 0.381 e. The van der Waals surface area contributed by atoms with Crippen molar-refractivity contribution in [3.8, 4) is 22.3 Å². The van der Waals surface area contributed by atoms with Gasteiger partial charge in [0.15, 0.2) is 0 Å². The quantitative estimate of drug-likeness (QED) is 0.248. The number of aryl methyl sites for hydroxylation is 1. The molecule has 0 unspecified atom stereocenters. The van der Waals surface area contributed by atoms with Crippen LogP contribution in [0.25, 0.3) is 22.3 Å². The minimum Gasteiger partial charge on any atom is -0.381 e. The maximum Gasteiger partial charge on any atom is 0.416 e. The highest BCUT2D eigenvalue weighted by molar-refractivity contribution is 6.39. The Labute approximate surface area is 218 Å². The molecule has 0 aliphatic heterocycles. The van der Waals surface area contributed by atoms with E-state index >= 15 is 0 Å². The Kier molecular flexibility index (Phi) is 7.44. The minimum absolute atomic E-state index is 0.141. The molecular formula is C27H18Cl2F6N2. The van der Waals surface area contributed by atoms with E-state index in [9.17, 15) is 26.3 Å². The monoisotopic (exact) mass is 554 g/mol. The molecule has 0 amide bonds. The minimum atomic E-state index is -5.02. The second kappa shape index (κ2) is 10.3. The van der Waals surface area contributed by atoms with Crippen LogP contribution >= 0.6 is 23.2 Å². The molecule has 0 fully saturated rings. The first-order valence-electron chi connectivity index (χ1n) is 10.9. The molecule has 4 aromatic rings. The summed E-state index contributed by atoms with van der Waals surface area (Å²) in [6.07, 6.45) is -8.72. The second-order valence-corrected chi connectivity index (χ2v) is 9.08. The molecule has 10 heteroatoms. The number of alkyl halides is 6. The summed E-state index contributed by atoms with van der Waals surface area (Å²) in [5.74, 6) is 0. The van der Waals surface area contributed by atoms with Crippen molar-refractivity contribution < 1.29 is 26.3 Å². The average molecular weight is 555 g/mol. The molecule has 0 aliphatic rings. The van der Waals surface area contributed by atoms with Gasteiger partial charge in [-0.05, 0) is 66.1 Å². The van der Waals surface area contributed by atoms with Gasteiger partial charge in [-0.3, -0.25) is 4.98 Å². The van der Waals surface area contributed by atoms with Gasteiger partial charge >= 0.3 is 12.4 Å². The summed E-state index contributed by atoms with van der Waals surface area (Å²) in [6, 6.07) is 15.5. The van der Waals surface area contributed by atoms with E-state index in [-0.39, 0.29) is 29.3 Å². The van der Waals surface area contributed by atoms with E-state index < -0.39 is 23.5 Å². The van der Waals surface area contributed by atoms with Crippen molar-refractivity contribution in [1.29, 1.82) is 0 Å². The van der Waals surface area contributed by atoms with Crippen molar-refractivity contribution in [1.82, 2.24) is 4.98 Å². The fourth-order valence-electron chi connectivity index (χ4n) is 3.88. The molecule has 0 bridgehead atoms. The highest BCUT2D eigenvalue weighted by atomic mass is 35.5. The lowest BCUT2D eigenvalue weighted by atomic mass is 9.92. The Bertz CT molecular complexity index is 1390.